The molecule has 3 heteroatoms. The highest BCUT2D eigenvalue weighted by Crippen LogP contribution is 2.29. The molecule has 1 fully saturated rings. The Kier molecular flexibility index (Phi) is 2.65. The Morgan fingerprint density at radius 3 is 3.00 bits per heavy atom. The average molecular weight is 244 g/mol. The zero-order valence-corrected chi connectivity index (χ0v) is 8.77. The van der Waals surface area contributed by atoms with E-state index in [4.69, 9.17) is 0 Å². The highest BCUT2D eigenvalue weighted by Gasteiger charge is 2.19. The molecule has 1 heterocycles. The van der Waals surface area contributed by atoms with Crippen LogP contribution < -0.4 is 5.32 Å². The van der Waals surface area contributed by atoms with Crippen molar-refractivity contribution in [3.8, 4) is 0 Å². The van der Waals surface area contributed by atoms with Crippen LogP contribution in [0, 0.1) is 5.82 Å². The highest BCUT2D eigenvalue weighted by atomic mass is 79.9. The van der Waals surface area contributed by atoms with Crippen LogP contribution in [0.1, 0.15) is 17.9 Å². The Hall–Kier alpha value is -0.410. The van der Waals surface area contributed by atoms with Crippen molar-refractivity contribution < 1.29 is 4.39 Å². The molecular formula is C10H11BrFN. The van der Waals surface area contributed by atoms with Gasteiger partial charge in [0.15, 0.2) is 0 Å². The quantitative estimate of drug-likeness (QED) is 0.800. The van der Waals surface area contributed by atoms with Gasteiger partial charge in [-0.3, -0.25) is 0 Å². The summed E-state index contributed by atoms with van der Waals surface area (Å²) in [5, 5.41) is 3.27. The fourth-order valence-electron chi connectivity index (χ4n) is 1.75. The van der Waals surface area contributed by atoms with Crippen LogP contribution >= 0.6 is 15.9 Å². The van der Waals surface area contributed by atoms with Crippen molar-refractivity contribution in [2.75, 3.05) is 13.1 Å². The third-order valence-corrected chi connectivity index (χ3v) is 3.18. The van der Waals surface area contributed by atoms with Crippen LogP contribution in [0.4, 0.5) is 4.39 Å². The Morgan fingerprint density at radius 1 is 1.46 bits per heavy atom. The number of halogens is 2. The Morgan fingerprint density at radius 2 is 2.31 bits per heavy atom. The Balaban J connectivity index is 2.32. The van der Waals surface area contributed by atoms with Crippen LogP contribution in [-0.4, -0.2) is 13.1 Å². The molecule has 0 amide bonds. The number of rotatable bonds is 1. The summed E-state index contributed by atoms with van der Waals surface area (Å²) >= 11 is 3.45. The highest BCUT2D eigenvalue weighted by molar-refractivity contribution is 9.10. The van der Waals surface area contributed by atoms with E-state index in [1.54, 1.807) is 12.1 Å². The lowest BCUT2D eigenvalue weighted by atomic mass is 9.98. The number of hydrogen-bond acceptors (Lipinski definition) is 1. The second kappa shape index (κ2) is 3.76. The van der Waals surface area contributed by atoms with E-state index in [0.29, 0.717) is 5.92 Å². The molecule has 70 valence electrons. The maximum atomic E-state index is 13.0. The van der Waals surface area contributed by atoms with Gasteiger partial charge in [-0.2, -0.15) is 0 Å². The Bertz CT molecular complexity index is 308. The van der Waals surface area contributed by atoms with Crippen molar-refractivity contribution in [3.63, 3.8) is 0 Å². The van der Waals surface area contributed by atoms with Gasteiger partial charge < -0.3 is 5.32 Å². The lowest BCUT2D eigenvalue weighted by Crippen LogP contribution is -2.08. The normalized spacial score (nSPS) is 22.2. The molecule has 1 N–H and O–H groups in total. The van der Waals surface area contributed by atoms with Gasteiger partial charge in [-0.15, -0.1) is 0 Å². The molecule has 1 aliphatic heterocycles. The van der Waals surface area contributed by atoms with Gasteiger partial charge in [0.05, 0.1) is 0 Å². The van der Waals surface area contributed by atoms with Gasteiger partial charge in [-0.1, -0.05) is 15.9 Å². The smallest absolute Gasteiger partial charge is 0.123 e. The van der Waals surface area contributed by atoms with Gasteiger partial charge in [-0.25, -0.2) is 4.39 Å². The van der Waals surface area contributed by atoms with Crippen molar-refractivity contribution in [3.05, 3.63) is 34.1 Å². The summed E-state index contributed by atoms with van der Waals surface area (Å²) in [6.07, 6.45) is 1.10. The second-order valence-electron chi connectivity index (χ2n) is 3.36. The first-order chi connectivity index (χ1) is 6.27. The number of nitrogens with one attached hydrogen (secondary N) is 1. The van der Waals surface area contributed by atoms with Gasteiger partial charge >= 0.3 is 0 Å². The largest absolute Gasteiger partial charge is 0.316 e. The molecule has 1 aromatic rings. The lowest BCUT2D eigenvalue weighted by Gasteiger charge is -2.10. The molecule has 1 unspecified atom stereocenters. The van der Waals surface area contributed by atoms with Crippen LogP contribution in [0.5, 0.6) is 0 Å². The van der Waals surface area contributed by atoms with E-state index in [1.165, 1.54) is 6.07 Å². The summed E-state index contributed by atoms with van der Waals surface area (Å²) in [7, 11) is 0. The number of benzene rings is 1. The van der Waals surface area contributed by atoms with Gasteiger partial charge in [0, 0.05) is 11.0 Å². The van der Waals surface area contributed by atoms with E-state index in [9.17, 15) is 4.39 Å². The van der Waals surface area contributed by atoms with Gasteiger partial charge in [0.25, 0.3) is 0 Å². The molecule has 0 saturated carbocycles. The molecule has 1 atom stereocenters. The SMILES string of the molecule is Fc1ccc(Br)c(C2CCNC2)c1. The van der Waals surface area contributed by atoms with E-state index in [-0.39, 0.29) is 5.82 Å². The molecule has 0 bridgehead atoms. The lowest BCUT2D eigenvalue weighted by molar-refractivity contribution is 0.620. The van der Waals surface area contributed by atoms with E-state index < -0.39 is 0 Å². The van der Waals surface area contributed by atoms with E-state index in [0.717, 1.165) is 29.5 Å². The number of hydrogen-bond donors (Lipinski definition) is 1. The molecule has 1 aliphatic rings. The summed E-state index contributed by atoms with van der Waals surface area (Å²) in [5.41, 5.74) is 1.09. The molecule has 1 saturated heterocycles. The average Bonchev–Trinajstić information content (AvgIpc) is 2.61. The monoisotopic (exact) mass is 243 g/mol. The predicted octanol–water partition coefficient (Wildman–Crippen LogP) is 2.67. The molecule has 0 aliphatic carbocycles. The summed E-state index contributed by atoms with van der Waals surface area (Å²) < 4.78 is 14.0. The first-order valence-corrected chi connectivity index (χ1v) is 5.22. The molecular weight excluding hydrogens is 233 g/mol. The molecule has 0 radical (unpaired) electrons. The molecule has 2 rings (SSSR count). The van der Waals surface area contributed by atoms with Crippen LogP contribution in [-0.2, 0) is 0 Å². The fourth-order valence-corrected chi connectivity index (χ4v) is 2.32. The van der Waals surface area contributed by atoms with Gasteiger partial charge in [0.2, 0.25) is 0 Å². The van der Waals surface area contributed by atoms with Gasteiger partial charge in [0.1, 0.15) is 5.82 Å². The van der Waals surface area contributed by atoms with Crippen molar-refractivity contribution in [2.24, 2.45) is 0 Å². The molecule has 1 nitrogen and oxygen atoms in total. The van der Waals surface area contributed by atoms with Crippen LogP contribution in [0.25, 0.3) is 0 Å². The standard InChI is InChI=1S/C10H11BrFN/c11-10-2-1-8(12)5-9(10)7-3-4-13-6-7/h1-2,5,7,13H,3-4,6H2. The zero-order chi connectivity index (χ0) is 9.26. The summed E-state index contributed by atoms with van der Waals surface area (Å²) in [4.78, 5) is 0. The van der Waals surface area contributed by atoms with Gasteiger partial charge in [-0.05, 0) is 42.6 Å². The first-order valence-electron chi connectivity index (χ1n) is 4.43. The fraction of sp³-hybridized carbons (Fsp3) is 0.400. The molecule has 0 spiro atoms. The van der Waals surface area contributed by atoms with Crippen LogP contribution in [0.3, 0.4) is 0 Å². The minimum absolute atomic E-state index is 0.148. The van der Waals surface area contributed by atoms with Crippen molar-refractivity contribution in [1.29, 1.82) is 0 Å². The van der Waals surface area contributed by atoms with Crippen molar-refractivity contribution >= 4 is 15.9 Å². The molecule has 13 heavy (non-hydrogen) atoms. The predicted molar refractivity (Wildman–Crippen MR) is 54.3 cm³/mol. The first kappa shape index (κ1) is 9.16. The third-order valence-electron chi connectivity index (χ3n) is 2.46. The second-order valence-corrected chi connectivity index (χ2v) is 4.21. The van der Waals surface area contributed by atoms with E-state index in [1.807, 2.05) is 0 Å². The summed E-state index contributed by atoms with van der Waals surface area (Å²) in [6.45, 7) is 2.00. The molecule has 1 aromatic carbocycles. The topological polar surface area (TPSA) is 12.0 Å². The summed E-state index contributed by atoms with van der Waals surface area (Å²) in [6, 6.07) is 4.89. The van der Waals surface area contributed by atoms with Crippen molar-refractivity contribution in [1.82, 2.24) is 5.32 Å². The van der Waals surface area contributed by atoms with E-state index in [2.05, 4.69) is 21.2 Å². The van der Waals surface area contributed by atoms with Crippen molar-refractivity contribution in [2.45, 2.75) is 12.3 Å². The minimum Gasteiger partial charge on any atom is -0.316 e. The zero-order valence-electron chi connectivity index (χ0n) is 7.19. The van der Waals surface area contributed by atoms with E-state index >= 15 is 0 Å². The maximum absolute atomic E-state index is 13.0. The molecule has 0 aromatic heterocycles. The van der Waals surface area contributed by atoms with Crippen LogP contribution in [0.2, 0.25) is 0 Å². The minimum atomic E-state index is -0.148. The third kappa shape index (κ3) is 1.92. The summed E-state index contributed by atoms with van der Waals surface area (Å²) in [5.74, 6) is 0.315. The van der Waals surface area contributed by atoms with Crippen LogP contribution in [0.15, 0.2) is 22.7 Å². The Labute approximate surface area is 85.5 Å². The maximum Gasteiger partial charge on any atom is 0.123 e.